The Balaban J connectivity index is 1.87. The molecule has 2 aromatic carbocycles. The Kier molecular flexibility index (Phi) is 3.73. The molecule has 0 spiro atoms. The van der Waals surface area contributed by atoms with Gasteiger partial charge >= 0.3 is 0 Å². The molecule has 2 aliphatic heterocycles. The number of carbonyl (C=O) groups excluding carboxylic acids is 1. The number of amides is 1. The maximum atomic E-state index is 12.2. The number of hydrogen-bond donors (Lipinski definition) is 1. The fourth-order valence-corrected chi connectivity index (χ4v) is 3.43. The molecule has 4 rings (SSSR count). The second kappa shape index (κ2) is 5.91. The maximum Gasteiger partial charge on any atom is 0.225 e. The molecule has 0 aliphatic carbocycles. The Morgan fingerprint density at radius 1 is 1.12 bits per heavy atom. The molecule has 1 N–H and O–H groups in total. The van der Waals surface area contributed by atoms with E-state index in [1.807, 2.05) is 24.3 Å². The van der Waals surface area contributed by atoms with Crippen molar-refractivity contribution in [1.82, 2.24) is 0 Å². The SMILES string of the molecule is COc1ccc(Cl)cc1[C@@H]1CC(=O)Nc2cc3c(cc21)OCCO3. The van der Waals surface area contributed by atoms with E-state index in [0.717, 1.165) is 16.8 Å². The topological polar surface area (TPSA) is 56.8 Å². The quantitative estimate of drug-likeness (QED) is 0.903. The van der Waals surface area contributed by atoms with Crippen LogP contribution in [-0.4, -0.2) is 26.2 Å². The van der Waals surface area contributed by atoms with Crippen molar-refractivity contribution in [2.24, 2.45) is 0 Å². The number of nitrogens with one attached hydrogen (secondary N) is 1. The predicted molar refractivity (Wildman–Crippen MR) is 90.5 cm³/mol. The van der Waals surface area contributed by atoms with Gasteiger partial charge in [-0.3, -0.25) is 4.79 Å². The molecular formula is C18H16ClNO4. The fourth-order valence-electron chi connectivity index (χ4n) is 3.25. The lowest BCUT2D eigenvalue weighted by molar-refractivity contribution is -0.116. The van der Waals surface area contributed by atoms with Crippen LogP contribution in [0.5, 0.6) is 17.2 Å². The number of hydrogen-bond acceptors (Lipinski definition) is 4. The van der Waals surface area contributed by atoms with E-state index in [0.29, 0.717) is 41.9 Å². The zero-order chi connectivity index (χ0) is 16.7. The summed E-state index contributed by atoms with van der Waals surface area (Å²) in [5.41, 5.74) is 2.60. The van der Waals surface area contributed by atoms with Gasteiger partial charge in [-0.05, 0) is 29.8 Å². The van der Waals surface area contributed by atoms with Gasteiger partial charge in [0.25, 0.3) is 0 Å². The minimum atomic E-state index is -0.154. The van der Waals surface area contributed by atoms with Crippen molar-refractivity contribution >= 4 is 23.2 Å². The van der Waals surface area contributed by atoms with Gasteiger partial charge in [-0.1, -0.05) is 11.6 Å². The summed E-state index contributed by atoms with van der Waals surface area (Å²) >= 11 is 6.17. The molecule has 5 nitrogen and oxygen atoms in total. The van der Waals surface area contributed by atoms with Gasteiger partial charge in [0.05, 0.1) is 7.11 Å². The van der Waals surface area contributed by atoms with Crippen LogP contribution in [0.3, 0.4) is 0 Å². The summed E-state index contributed by atoms with van der Waals surface area (Å²) in [5, 5.41) is 3.52. The smallest absolute Gasteiger partial charge is 0.225 e. The maximum absolute atomic E-state index is 12.2. The Hall–Kier alpha value is -2.40. The minimum Gasteiger partial charge on any atom is -0.496 e. The zero-order valence-electron chi connectivity index (χ0n) is 13.1. The molecule has 2 aliphatic rings. The first-order chi connectivity index (χ1) is 11.7. The molecule has 2 aromatic rings. The number of halogens is 1. The van der Waals surface area contributed by atoms with Gasteiger partial charge in [-0.15, -0.1) is 0 Å². The van der Waals surface area contributed by atoms with Crippen LogP contribution < -0.4 is 19.5 Å². The van der Waals surface area contributed by atoms with Gasteiger partial charge in [0.15, 0.2) is 11.5 Å². The molecule has 0 fully saturated rings. The number of ether oxygens (including phenoxy) is 3. The monoisotopic (exact) mass is 345 g/mol. The number of fused-ring (bicyclic) bond motifs is 2. The standard InChI is InChI=1S/C18H16ClNO4/c1-22-15-3-2-10(19)6-13(15)11-8-18(21)20-14-9-17-16(7-12(11)14)23-4-5-24-17/h2-3,6-7,9,11H,4-5,8H2,1H3,(H,20,21)/t11-/m1/s1. The molecule has 0 saturated carbocycles. The molecule has 0 radical (unpaired) electrons. The van der Waals surface area contributed by atoms with E-state index in [1.165, 1.54) is 0 Å². The van der Waals surface area contributed by atoms with Gasteiger partial charge in [0.2, 0.25) is 5.91 Å². The van der Waals surface area contributed by atoms with Gasteiger partial charge in [0.1, 0.15) is 19.0 Å². The lowest BCUT2D eigenvalue weighted by atomic mass is 9.84. The molecule has 2 heterocycles. The van der Waals surface area contributed by atoms with Crippen LogP contribution in [0.1, 0.15) is 23.5 Å². The van der Waals surface area contributed by atoms with E-state index in [4.69, 9.17) is 25.8 Å². The highest BCUT2D eigenvalue weighted by Gasteiger charge is 2.31. The first kappa shape index (κ1) is 15.1. The van der Waals surface area contributed by atoms with Crippen LogP contribution in [0.15, 0.2) is 30.3 Å². The van der Waals surface area contributed by atoms with E-state index in [1.54, 1.807) is 13.2 Å². The lowest BCUT2D eigenvalue weighted by Gasteiger charge is -2.29. The lowest BCUT2D eigenvalue weighted by Crippen LogP contribution is -2.25. The van der Waals surface area contributed by atoms with Gasteiger partial charge in [0, 0.05) is 34.7 Å². The third-order valence-corrected chi connectivity index (χ3v) is 4.56. The summed E-state index contributed by atoms with van der Waals surface area (Å²) in [5.74, 6) is 1.85. The average molecular weight is 346 g/mol. The normalized spacial score (nSPS) is 18.6. The van der Waals surface area contributed by atoms with Gasteiger partial charge in [-0.25, -0.2) is 0 Å². The molecule has 24 heavy (non-hydrogen) atoms. The second-order valence-corrected chi connectivity index (χ2v) is 6.21. The van der Waals surface area contributed by atoms with Crippen molar-refractivity contribution in [3.05, 3.63) is 46.5 Å². The van der Waals surface area contributed by atoms with Crippen LogP contribution in [0.2, 0.25) is 5.02 Å². The zero-order valence-corrected chi connectivity index (χ0v) is 13.9. The summed E-state index contributed by atoms with van der Waals surface area (Å²) < 4.78 is 16.8. The van der Waals surface area contributed by atoms with Crippen LogP contribution in [0.4, 0.5) is 5.69 Å². The van der Waals surface area contributed by atoms with Crippen LogP contribution in [0, 0.1) is 0 Å². The number of carbonyl (C=O) groups is 1. The minimum absolute atomic E-state index is 0.0498. The van der Waals surface area contributed by atoms with Crippen molar-refractivity contribution in [3.63, 3.8) is 0 Å². The first-order valence-electron chi connectivity index (χ1n) is 7.72. The number of benzene rings is 2. The summed E-state index contributed by atoms with van der Waals surface area (Å²) in [4.78, 5) is 12.2. The third kappa shape index (κ3) is 2.55. The molecule has 1 amide bonds. The Morgan fingerprint density at radius 2 is 1.88 bits per heavy atom. The number of rotatable bonds is 2. The van der Waals surface area contributed by atoms with Crippen molar-refractivity contribution in [3.8, 4) is 17.2 Å². The molecule has 0 bridgehead atoms. The summed E-state index contributed by atoms with van der Waals surface area (Å²) in [6.45, 7) is 1.02. The molecular weight excluding hydrogens is 330 g/mol. The Bertz CT molecular complexity index is 821. The van der Waals surface area contributed by atoms with Crippen molar-refractivity contribution < 1.29 is 19.0 Å². The third-order valence-electron chi connectivity index (χ3n) is 4.32. The molecule has 0 saturated heterocycles. The Morgan fingerprint density at radius 3 is 2.62 bits per heavy atom. The fraction of sp³-hybridized carbons (Fsp3) is 0.278. The van der Waals surface area contributed by atoms with E-state index >= 15 is 0 Å². The first-order valence-corrected chi connectivity index (χ1v) is 8.10. The largest absolute Gasteiger partial charge is 0.496 e. The van der Waals surface area contributed by atoms with Crippen LogP contribution in [0.25, 0.3) is 0 Å². The van der Waals surface area contributed by atoms with Crippen molar-refractivity contribution in [2.45, 2.75) is 12.3 Å². The molecule has 1 atom stereocenters. The number of anilines is 1. The highest BCUT2D eigenvalue weighted by molar-refractivity contribution is 6.30. The van der Waals surface area contributed by atoms with Crippen molar-refractivity contribution in [2.75, 3.05) is 25.6 Å². The van der Waals surface area contributed by atoms with E-state index < -0.39 is 0 Å². The highest BCUT2D eigenvalue weighted by atomic mass is 35.5. The van der Waals surface area contributed by atoms with E-state index in [9.17, 15) is 4.79 Å². The Labute approximate surface area is 144 Å². The second-order valence-electron chi connectivity index (χ2n) is 5.77. The van der Waals surface area contributed by atoms with E-state index in [-0.39, 0.29) is 11.8 Å². The summed E-state index contributed by atoms with van der Waals surface area (Å²) in [6.07, 6.45) is 0.323. The van der Waals surface area contributed by atoms with Gasteiger partial charge < -0.3 is 19.5 Å². The summed E-state index contributed by atoms with van der Waals surface area (Å²) in [7, 11) is 1.61. The molecule has 0 unspecified atom stereocenters. The van der Waals surface area contributed by atoms with Crippen LogP contribution in [-0.2, 0) is 4.79 Å². The molecule has 0 aromatic heterocycles. The molecule has 6 heteroatoms. The van der Waals surface area contributed by atoms with Crippen LogP contribution >= 0.6 is 11.6 Å². The van der Waals surface area contributed by atoms with Gasteiger partial charge in [-0.2, -0.15) is 0 Å². The summed E-state index contributed by atoms with van der Waals surface area (Å²) in [6, 6.07) is 9.21. The number of methoxy groups -OCH3 is 1. The van der Waals surface area contributed by atoms with E-state index in [2.05, 4.69) is 5.32 Å². The molecule has 124 valence electrons. The average Bonchev–Trinajstić information content (AvgIpc) is 2.59. The predicted octanol–water partition coefficient (Wildman–Crippen LogP) is 3.59. The highest BCUT2D eigenvalue weighted by Crippen LogP contribution is 2.46. The van der Waals surface area contributed by atoms with Crippen molar-refractivity contribution in [1.29, 1.82) is 0 Å².